The van der Waals surface area contributed by atoms with Crippen LogP contribution in [0.1, 0.15) is 5.56 Å². The number of nitrogens with zero attached hydrogens (tertiary/aromatic N) is 1. The molecular formula is C17H13BrN2O3S. The van der Waals surface area contributed by atoms with Gasteiger partial charge in [0.15, 0.2) is 16.6 Å². The highest BCUT2D eigenvalue weighted by Gasteiger charge is 2.16. The fraction of sp³-hybridized carbons (Fsp3) is 0.176. The van der Waals surface area contributed by atoms with Crippen LogP contribution in [0.15, 0.2) is 40.9 Å². The summed E-state index contributed by atoms with van der Waals surface area (Å²) < 4.78 is 13.0. The molecule has 122 valence electrons. The number of amides is 1. The molecule has 0 saturated heterocycles. The van der Waals surface area contributed by atoms with Crippen LogP contribution >= 0.6 is 27.3 Å². The molecule has 4 rings (SSSR count). The number of ether oxygens (including phenoxy) is 2. The second-order valence-electron chi connectivity index (χ2n) is 5.30. The average molecular weight is 405 g/mol. The van der Waals surface area contributed by atoms with Gasteiger partial charge in [-0.1, -0.05) is 45.5 Å². The van der Waals surface area contributed by atoms with Crippen LogP contribution in [0, 0.1) is 0 Å². The maximum absolute atomic E-state index is 12.3. The highest BCUT2D eigenvalue weighted by molar-refractivity contribution is 9.10. The van der Waals surface area contributed by atoms with Gasteiger partial charge in [-0.2, -0.15) is 0 Å². The van der Waals surface area contributed by atoms with E-state index in [0.29, 0.717) is 30.5 Å². The van der Waals surface area contributed by atoms with Gasteiger partial charge in [0, 0.05) is 16.6 Å². The molecule has 0 bridgehead atoms. The molecule has 7 heteroatoms. The van der Waals surface area contributed by atoms with Gasteiger partial charge in [-0.3, -0.25) is 4.79 Å². The Hall–Kier alpha value is -2.12. The maximum atomic E-state index is 12.3. The van der Waals surface area contributed by atoms with Crippen LogP contribution in [0.3, 0.4) is 0 Å². The molecule has 0 atom stereocenters. The topological polar surface area (TPSA) is 60.5 Å². The largest absolute Gasteiger partial charge is 0.486 e. The van der Waals surface area contributed by atoms with E-state index in [9.17, 15) is 4.79 Å². The molecule has 2 heterocycles. The number of aromatic nitrogens is 1. The molecule has 0 fully saturated rings. The van der Waals surface area contributed by atoms with E-state index in [-0.39, 0.29) is 5.91 Å². The Bertz CT molecular complexity index is 882. The minimum Gasteiger partial charge on any atom is -0.486 e. The third-order valence-corrected chi connectivity index (χ3v) is 5.31. The zero-order valence-electron chi connectivity index (χ0n) is 12.5. The van der Waals surface area contributed by atoms with E-state index >= 15 is 0 Å². The van der Waals surface area contributed by atoms with E-state index in [1.54, 1.807) is 0 Å². The monoisotopic (exact) mass is 404 g/mol. The first kappa shape index (κ1) is 15.4. The molecule has 0 spiro atoms. The Morgan fingerprint density at radius 3 is 2.75 bits per heavy atom. The first-order chi connectivity index (χ1) is 11.7. The van der Waals surface area contributed by atoms with Crippen molar-refractivity contribution in [2.45, 2.75) is 6.42 Å². The molecule has 1 aliphatic rings. The summed E-state index contributed by atoms with van der Waals surface area (Å²) in [5.74, 6) is 1.33. The lowest BCUT2D eigenvalue weighted by Gasteiger charge is -2.17. The van der Waals surface area contributed by atoms with Gasteiger partial charge in [-0.25, -0.2) is 4.98 Å². The Kier molecular flexibility index (Phi) is 4.12. The smallest absolute Gasteiger partial charge is 0.230 e. The zero-order chi connectivity index (χ0) is 16.5. The number of carbonyl (C=O) groups is 1. The fourth-order valence-corrected chi connectivity index (χ4v) is 3.81. The predicted octanol–water partition coefficient (Wildman–Crippen LogP) is 4.01. The normalized spacial score (nSPS) is 13.0. The summed E-state index contributed by atoms with van der Waals surface area (Å²) in [6.07, 6.45) is 0.292. The molecule has 0 saturated carbocycles. The van der Waals surface area contributed by atoms with Crippen molar-refractivity contribution < 1.29 is 14.3 Å². The third-order valence-electron chi connectivity index (χ3n) is 3.61. The molecule has 3 aromatic rings. The number of hydrogen-bond acceptors (Lipinski definition) is 5. The Balaban J connectivity index is 1.54. The minimum absolute atomic E-state index is 0.0989. The first-order valence-corrected chi connectivity index (χ1v) is 9.03. The standard InChI is InChI=1S/C17H13BrN2O3S/c18-11-4-2-1-3-10(11)7-16(21)20-17-19-12-8-13-14(9-15(12)24-17)23-6-5-22-13/h1-4,8-9H,5-7H2,(H,19,20,21). The number of thiazole rings is 1. The summed E-state index contributed by atoms with van der Waals surface area (Å²) in [6.45, 7) is 1.09. The zero-order valence-corrected chi connectivity index (χ0v) is 14.9. The Morgan fingerprint density at radius 1 is 1.21 bits per heavy atom. The van der Waals surface area contributed by atoms with Crippen molar-refractivity contribution in [3.8, 4) is 11.5 Å². The van der Waals surface area contributed by atoms with Crippen molar-refractivity contribution in [3.63, 3.8) is 0 Å². The van der Waals surface area contributed by atoms with Gasteiger partial charge in [-0.15, -0.1) is 0 Å². The molecule has 24 heavy (non-hydrogen) atoms. The Morgan fingerprint density at radius 2 is 1.96 bits per heavy atom. The molecule has 2 aromatic carbocycles. The van der Waals surface area contributed by atoms with Gasteiger partial charge in [0.1, 0.15) is 13.2 Å². The van der Waals surface area contributed by atoms with Crippen molar-refractivity contribution in [1.29, 1.82) is 0 Å². The van der Waals surface area contributed by atoms with Gasteiger partial charge in [-0.05, 0) is 11.6 Å². The molecule has 0 aliphatic carbocycles. The van der Waals surface area contributed by atoms with Gasteiger partial charge in [0.2, 0.25) is 5.91 Å². The summed E-state index contributed by atoms with van der Waals surface area (Å²) in [5.41, 5.74) is 1.73. The van der Waals surface area contributed by atoms with E-state index < -0.39 is 0 Å². The summed E-state index contributed by atoms with van der Waals surface area (Å²) in [5, 5.41) is 3.44. The summed E-state index contributed by atoms with van der Waals surface area (Å²) in [7, 11) is 0. The van der Waals surface area contributed by atoms with Gasteiger partial charge < -0.3 is 14.8 Å². The van der Waals surface area contributed by atoms with E-state index in [4.69, 9.17) is 9.47 Å². The lowest BCUT2D eigenvalue weighted by atomic mass is 10.1. The third kappa shape index (κ3) is 3.09. The molecule has 0 radical (unpaired) electrons. The predicted molar refractivity (Wildman–Crippen MR) is 97.1 cm³/mol. The number of nitrogens with one attached hydrogen (secondary N) is 1. The van der Waals surface area contributed by atoms with Crippen molar-refractivity contribution >= 4 is 48.5 Å². The van der Waals surface area contributed by atoms with Crippen LogP contribution in [0.2, 0.25) is 0 Å². The van der Waals surface area contributed by atoms with Crippen LogP contribution in [-0.2, 0) is 11.2 Å². The van der Waals surface area contributed by atoms with Crippen LogP contribution < -0.4 is 14.8 Å². The number of carbonyl (C=O) groups excluding carboxylic acids is 1. The lowest BCUT2D eigenvalue weighted by Crippen LogP contribution is -2.15. The van der Waals surface area contributed by atoms with Crippen LogP contribution in [0.4, 0.5) is 5.13 Å². The van der Waals surface area contributed by atoms with Crippen molar-refractivity contribution in [3.05, 3.63) is 46.4 Å². The van der Waals surface area contributed by atoms with Crippen LogP contribution in [0.25, 0.3) is 10.2 Å². The van der Waals surface area contributed by atoms with E-state index in [0.717, 1.165) is 26.0 Å². The van der Waals surface area contributed by atoms with Crippen molar-refractivity contribution in [2.75, 3.05) is 18.5 Å². The molecular weight excluding hydrogens is 392 g/mol. The average Bonchev–Trinajstić information content (AvgIpc) is 2.95. The second kappa shape index (κ2) is 6.41. The van der Waals surface area contributed by atoms with Gasteiger partial charge in [0.05, 0.1) is 16.6 Å². The SMILES string of the molecule is O=C(Cc1ccccc1Br)Nc1nc2cc3c(cc2s1)OCCO3. The molecule has 1 amide bonds. The van der Waals surface area contributed by atoms with E-state index in [1.807, 2.05) is 36.4 Å². The second-order valence-corrected chi connectivity index (χ2v) is 7.18. The lowest BCUT2D eigenvalue weighted by molar-refractivity contribution is -0.115. The number of fused-ring (bicyclic) bond motifs is 2. The van der Waals surface area contributed by atoms with Gasteiger partial charge in [0.25, 0.3) is 0 Å². The molecule has 0 unspecified atom stereocenters. The fourth-order valence-electron chi connectivity index (χ4n) is 2.50. The summed E-state index contributed by atoms with van der Waals surface area (Å²) in [4.78, 5) is 16.7. The summed E-state index contributed by atoms with van der Waals surface area (Å²) in [6, 6.07) is 11.4. The number of hydrogen-bond donors (Lipinski definition) is 1. The number of anilines is 1. The van der Waals surface area contributed by atoms with Crippen molar-refractivity contribution in [2.24, 2.45) is 0 Å². The highest BCUT2D eigenvalue weighted by Crippen LogP contribution is 2.37. The van der Waals surface area contributed by atoms with Crippen LogP contribution in [-0.4, -0.2) is 24.1 Å². The van der Waals surface area contributed by atoms with E-state index in [1.165, 1.54) is 11.3 Å². The molecule has 1 aromatic heterocycles. The number of halogens is 1. The Labute approximate surface area is 150 Å². The number of benzene rings is 2. The quantitative estimate of drug-likeness (QED) is 0.716. The van der Waals surface area contributed by atoms with Gasteiger partial charge >= 0.3 is 0 Å². The molecule has 5 nitrogen and oxygen atoms in total. The first-order valence-electron chi connectivity index (χ1n) is 7.42. The maximum Gasteiger partial charge on any atom is 0.230 e. The highest BCUT2D eigenvalue weighted by atomic mass is 79.9. The molecule has 1 N–H and O–H groups in total. The van der Waals surface area contributed by atoms with Crippen LogP contribution in [0.5, 0.6) is 11.5 Å². The van der Waals surface area contributed by atoms with E-state index in [2.05, 4.69) is 26.2 Å². The number of rotatable bonds is 3. The minimum atomic E-state index is -0.0989. The van der Waals surface area contributed by atoms with Crippen molar-refractivity contribution in [1.82, 2.24) is 4.98 Å². The molecule has 1 aliphatic heterocycles. The summed E-state index contributed by atoms with van der Waals surface area (Å²) >= 11 is 4.88.